The van der Waals surface area contributed by atoms with Gasteiger partial charge in [-0.1, -0.05) is 65.9 Å². The number of hydrogen-bond donors (Lipinski definition) is 0. The van der Waals surface area contributed by atoms with Crippen molar-refractivity contribution in [2.75, 3.05) is 13.7 Å². The summed E-state index contributed by atoms with van der Waals surface area (Å²) in [5, 5.41) is 10.6. The lowest BCUT2D eigenvalue weighted by molar-refractivity contribution is -0.139. The molecule has 0 saturated carbocycles. The molecule has 3 aromatic carbocycles. The van der Waals surface area contributed by atoms with Crippen LogP contribution in [0.5, 0.6) is 5.75 Å². The molecule has 0 N–H and O–H groups in total. The smallest absolute Gasteiger partial charge is 0.338 e. The van der Waals surface area contributed by atoms with E-state index in [1.165, 1.54) is 11.3 Å². The molecule has 3 heterocycles. The molecule has 9 heteroatoms. The molecule has 0 fully saturated rings. The molecule has 2 aromatic heterocycles. The number of hydrogen-bond acceptors (Lipinski definition) is 7. The van der Waals surface area contributed by atoms with Crippen molar-refractivity contribution in [1.82, 2.24) is 9.13 Å². The van der Waals surface area contributed by atoms with E-state index in [-0.39, 0.29) is 12.2 Å². The Morgan fingerprint density at radius 2 is 1.84 bits per heavy atom. The molecule has 1 atom stereocenters. The molecule has 1 aliphatic heterocycles. The zero-order valence-corrected chi connectivity index (χ0v) is 24.7. The maximum absolute atomic E-state index is 14.2. The van der Waals surface area contributed by atoms with E-state index in [1.54, 1.807) is 25.5 Å². The van der Waals surface area contributed by atoms with Gasteiger partial charge in [0.25, 0.3) is 5.56 Å². The molecule has 0 amide bonds. The van der Waals surface area contributed by atoms with Gasteiger partial charge in [0.1, 0.15) is 11.8 Å². The lowest BCUT2D eigenvalue weighted by Gasteiger charge is -2.25. The molecule has 0 spiro atoms. The van der Waals surface area contributed by atoms with Gasteiger partial charge in [-0.05, 0) is 43.7 Å². The maximum atomic E-state index is 14.2. The van der Waals surface area contributed by atoms with Crippen molar-refractivity contribution in [3.63, 3.8) is 0 Å². The number of carbonyl (C=O) groups is 1. The Morgan fingerprint density at radius 3 is 2.63 bits per heavy atom. The quantitative estimate of drug-likeness (QED) is 0.257. The van der Waals surface area contributed by atoms with Crippen LogP contribution in [0.25, 0.3) is 17.0 Å². The lowest BCUT2D eigenvalue weighted by Crippen LogP contribution is -2.40. The summed E-state index contributed by atoms with van der Waals surface area (Å²) < 4.78 is 15.2. The highest BCUT2D eigenvalue weighted by atomic mass is 32.1. The predicted octanol–water partition coefficient (Wildman–Crippen LogP) is 4.68. The number of esters is 1. The molecule has 5 aromatic rings. The average Bonchev–Trinajstić information content (AvgIpc) is 3.52. The Hall–Kier alpha value is -5.20. The minimum absolute atomic E-state index is 0.196. The number of methoxy groups -OCH3 is 1. The first-order valence-corrected chi connectivity index (χ1v) is 14.6. The van der Waals surface area contributed by atoms with E-state index in [4.69, 9.17) is 14.5 Å². The Morgan fingerprint density at radius 1 is 1.09 bits per heavy atom. The van der Waals surface area contributed by atoms with Crippen LogP contribution in [0.1, 0.15) is 42.1 Å². The topological polar surface area (TPSA) is 98.6 Å². The van der Waals surface area contributed by atoms with Crippen molar-refractivity contribution in [3.8, 4) is 11.8 Å². The van der Waals surface area contributed by atoms with Gasteiger partial charge in [0.2, 0.25) is 0 Å². The first kappa shape index (κ1) is 27.9. The van der Waals surface area contributed by atoms with E-state index < -0.39 is 12.0 Å². The minimum Gasteiger partial charge on any atom is -0.496 e. The summed E-state index contributed by atoms with van der Waals surface area (Å²) in [7, 11) is 1.56. The molecule has 43 heavy (non-hydrogen) atoms. The van der Waals surface area contributed by atoms with Gasteiger partial charge in [0.15, 0.2) is 4.80 Å². The van der Waals surface area contributed by atoms with Crippen LogP contribution in [0, 0.1) is 11.3 Å². The molecule has 6 rings (SSSR count). The first-order chi connectivity index (χ1) is 20.9. The Kier molecular flexibility index (Phi) is 7.53. The van der Waals surface area contributed by atoms with E-state index in [0.717, 1.165) is 22.0 Å². The van der Waals surface area contributed by atoms with Crippen molar-refractivity contribution in [2.24, 2.45) is 4.99 Å². The van der Waals surface area contributed by atoms with E-state index in [9.17, 15) is 14.9 Å². The van der Waals surface area contributed by atoms with Gasteiger partial charge in [-0.2, -0.15) is 5.26 Å². The third kappa shape index (κ3) is 4.96. The zero-order chi connectivity index (χ0) is 30.1. The summed E-state index contributed by atoms with van der Waals surface area (Å²) in [6.07, 6.45) is 3.88. The van der Waals surface area contributed by atoms with Gasteiger partial charge in [-0.3, -0.25) is 9.36 Å². The second kappa shape index (κ2) is 11.6. The second-order valence-electron chi connectivity index (χ2n) is 10.0. The number of benzene rings is 3. The third-order valence-electron chi connectivity index (χ3n) is 7.54. The minimum atomic E-state index is -0.766. The van der Waals surface area contributed by atoms with Crippen LogP contribution in [0.2, 0.25) is 0 Å². The molecule has 1 aliphatic rings. The Labute approximate surface area is 251 Å². The molecular formula is C34H28N4O4S. The van der Waals surface area contributed by atoms with Crippen molar-refractivity contribution < 1.29 is 14.3 Å². The van der Waals surface area contributed by atoms with Gasteiger partial charge >= 0.3 is 5.97 Å². The number of allylic oxidation sites excluding steroid dienone is 1. The van der Waals surface area contributed by atoms with Crippen LogP contribution in [0.3, 0.4) is 0 Å². The number of nitriles is 1. The molecule has 0 radical (unpaired) electrons. The second-order valence-corrected chi connectivity index (χ2v) is 11.1. The summed E-state index contributed by atoms with van der Waals surface area (Å²) in [5.74, 6) is 0.0361. The number of thiazole rings is 1. The number of para-hydroxylation sites is 2. The molecule has 0 aliphatic carbocycles. The number of nitrogens with zero attached hydrogens (tertiary/aromatic N) is 4. The number of ether oxygens (including phenoxy) is 2. The van der Waals surface area contributed by atoms with Crippen LogP contribution >= 0.6 is 11.3 Å². The fourth-order valence-electron chi connectivity index (χ4n) is 5.59. The van der Waals surface area contributed by atoms with Gasteiger partial charge in [-0.15, -0.1) is 0 Å². The van der Waals surface area contributed by atoms with Crippen LogP contribution in [-0.2, 0) is 16.1 Å². The summed E-state index contributed by atoms with van der Waals surface area (Å²) in [5.41, 5.74) is 4.60. The van der Waals surface area contributed by atoms with E-state index in [0.29, 0.717) is 44.0 Å². The summed E-state index contributed by atoms with van der Waals surface area (Å²) in [4.78, 5) is 32.6. The van der Waals surface area contributed by atoms with Gasteiger partial charge in [0.05, 0.1) is 41.2 Å². The lowest BCUT2D eigenvalue weighted by atomic mass is 9.95. The average molecular weight is 589 g/mol. The van der Waals surface area contributed by atoms with E-state index >= 15 is 0 Å². The SMILES string of the molecule is CCOC(=O)C1=C(C)N=c2s/c(=C/c3cn(Cc4ccccc4C#N)c4ccccc34)c(=O)n2[C@@H]1c1ccccc1OC. The number of rotatable bonds is 7. The Balaban J connectivity index is 1.54. The third-order valence-corrected chi connectivity index (χ3v) is 8.52. The van der Waals surface area contributed by atoms with Crippen LogP contribution in [-0.4, -0.2) is 28.8 Å². The molecule has 0 bridgehead atoms. The molecule has 0 unspecified atom stereocenters. The largest absolute Gasteiger partial charge is 0.496 e. The van der Waals surface area contributed by atoms with Crippen molar-refractivity contribution in [2.45, 2.75) is 26.4 Å². The zero-order valence-electron chi connectivity index (χ0n) is 23.9. The highest BCUT2D eigenvalue weighted by molar-refractivity contribution is 7.07. The first-order valence-electron chi connectivity index (χ1n) is 13.8. The molecule has 0 saturated heterocycles. The normalized spacial score (nSPS) is 14.7. The van der Waals surface area contributed by atoms with Crippen LogP contribution in [0.15, 0.2) is 100 Å². The van der Waals surface area contributed by atoms with Gasteiger partial charge < -0.3 is 14.0 Å². The highest BCUT2D eigenvalue weighted by Crippen LogP contribution is 2.35. The molecule has 214 valence electrons. The molecular weight excluding hydrogens is 560 g/mol. The highest BCUT2D eigenvalue weighted by Gasteiger charge is 2.35. The van der Waals surface area contributed by atoms with Gasteiger partial charge in [-0.25, -0.2) is 9.79 Å². The van der Waals surface area contributed by atoms with Crippen LogP contribution < -0.4 is 19.6 Å². The molecule has 8 nitrogen and oxygen atoms in total. The maximum Gasteiger partial charge on any atom is 0.338 e. The predicted molar refractivity (Wildman–Crippen MR) is 166 cm³/mol. The standard InChI is InChI=1S/C34H28N4O4S/c1-4-42-33(40)30-21(2)36-34-38(31(30)26-14-8-10-16-28(26)41-3)32(39)29(43-34)17-24-20-37(27-15-9-7-13-25(24)27)19-23-12-6-5-11-22(23)18-35/h5-17,20,31H,4,19H2,1-3H3/b29-17+/t31-/m1/s1. The van der Waals surface area contributed by atoms with Crippen molar-refractivity contribution >= 4 is 34.3 Å². The fourth-order valence-corrected chi connectivity index (χ4v) is 6.63. The van der Waals surface area contributed by atoms with Crippen molar-refractivity contribution in [1.29, 1.82) is 5.26 Å². The summed E-state index contributed by atoms with van der Waals surface area (Å²) in [6, 6.07) is 24.4. The Bertz CT molecular complexity index is 2150. The number of aromatic nitrogens is 2. The van der Waals surface area contributed by atoms with Gasteiger partial charge in [0, 0.05) is 34.8 Å². The number of carbonyl (C=O) groups excluding carboxylic acids is 1. The monoisotopic (exact) mass is 588 g/mol. The van der Waals surface area contributed by atoms with E-state index in [1.807, 2.05) is 85.1 Å². The summed E-state index contributed by atoms with van der Waals surface area (Å²) in [6.45, 7) is 4.21. The summed E-state index contributed by atoms with van der Waals surface area (Å²) >= 11 is 1.28. The number of fused-ring (bicyclic) bond motifs is 2. The fraction of sp³-hybridized carbons (Fsp3) is 0.176. The van der Waals surface area contributed by atoms with E-state index in [2.05, 4.69) is 10.6 Å². The van der Waals surface area contributed by atoms with Crippen molar-refractivity contribution in [3.05, 3.63) is 132 Å². The van der Waals surface area contributed by atoms with Crippen LogP contribution in [0.4, 0.5) is 0 Å².